The van der Waals surface area contributed by atoms with Gasteiger partial charge in [-0.05, 0) is 50.1 Å². The van der Waals surface area contributed by atoms with Crippen LogP contribution >= 0.6 is 0 Å². The third kappa shape index (κ3) is 2.00. The minimum Gasteiger partial charge on any atom is -0.805 e. The number of aromatic nitrogens is 2. The lowest BCUT2D eigenvalue weighted by Crippen LogP contribution is -2.24. The van der Waals surface area contributed by atoms with Gasteiger partial charge in [0.1, 0.15) is 5.52 Å². The number of fused-ring (bicyclic) bond motifs is 1. The smallest absolute Gasteiger partial charge is 0.289 e. The predicted octanol–water partition coefficient (Wildman–Crippen LogP) is 3.49. The maximum atomic E-state index is 12.7. The molecular weight excluding hydrogens is 264 g/mol. The Hall–Kier alpha value is -2.62. The van der Waals surface area contributed by atoms with E-state index in [1.54, 1.807) is 19.1 Å². The molecule has 0 spiro atoms. The molecule has 2 aromatic carbocycles. The molecule has 0 saturated heterocycles. The van der Waals surface area contributed by atoms with E-state index in [1.807, 2.05) is 44.2 Å². The molecule has 0 saturated carbocycles. The number of rotatable bonds is 1. The van der Waals surface area contributed by atoms with E-state index in [2.05, 4.69) is 0 Å². The molecule has 0 atom stereocenters. The molecule has 3 rings (SSSR count). The zero-order valence-electron chi connectivity index (χ0n) is 12.3. The lowest BCUT2D eigenvalue weighted by atomic mass is 10.1. The topological polar surface area (TPSA) is 51.0 Å². The van der Waals surface area contributed by atoms with Crippen LogP contribution in [0.3, 0.4) is 0 Å². The third-order valence-corrected chi connectivity index (χ3v) is 3.93. The second-order valence-electron chi connectivity index (χ2n) is 5.31. The highest BCUT2D eigenvalue weighted by Gasteiger charge is 2.22. The van der Waals surface area contributed by atoms with Crippen LogP contribution in [0.15, 0.2) is 42.5 Å². The summed E-state index contributed by atoms with van der Waals surface area (Å²) in [5.41, 5.74) is 4.36. The molecule has 4 heteroatoms. The van der Waals surface area contributed by atoms with Crippen molar-refractivity contribution in [3.8, 4) is 11.3 Å². The van der Waals surface area contributed by atoms with Crippen LogP contribution in [0.4, 0.5) is 0 Å². The highest BCUT2D eigenvalue weighted by molar-refractivity contribution is 5.77. The fourth-order valence-electron chi connectivity index (χ4n) is 2.58. The van der Waals surface area contributed by atoms with Crippen LogP contribution in [0, 0.1) is 30.9 Å². The van der Waals surface area contributed by atoms with E-state index in [1.165, 1.54) is 0 Å². The van der Waals surface area contributed by atoms with E-state index in [4.69, 9.17) is 0 Å². The van der Waals surface area contributed by atoms with Crippen LogP contribution in [-0.2, 0) is 0 Å². The van der Waals surface area contributed by atoms with Crippen molar-refractivity contribution in [3.63, 3.8) is 0 Å². The predicted molar refractivity (Wildman–Crippen MR) is 83.7 cm³/mol. The van der Waals surface area contributed by atoms with E-state index in [-0.39, 0.29) is 0 Å². The summed E-state index contributed by atoms with van der Waals surface area (Å²) in [6, 6.07) is 12.8. The first-order valence-corrected chi connectivity index (χ1v) is 6.82. The molecule has 0 radical (unpaired) electrons. The molecular formula is C17H16N2O2. The number of aryl methyl sites for hydroxylation is 2. The molecule has 0 N–H and O–H groups in total. The largest absolute Gasteiger partial charge is 0.805 e. The van der Waals surface area contributed by atoms with Crippen LogP contribution < -0.4 is 4.43 Å². The summed E-state index contributed by atoms with van der Waals surface area (Å²) >= 11 is 0. The lowest BCUT2D eigenvalue weighted by molar-refractivity contribution is -0.452. The second-order valence-corrected chi connectivity index (χ2v) is 5.31. The van der Waals surface area contributed by atoms with Gasteiger partial charge in [-0.2, -0.15) is 0 Å². The van der Waals surface area contributed by atoms with E-state index < -0.39 is 0 Å². The van der Waals surface area contributed by atoms with Crippen molar-refractivity contribution in [2.45, 2.75) is 20.8 Å². The Bertz CT molecular complexity index is 896. The minimum absolute atomic E-state index is 0.401. The molecule has 0 aliphatic carbocycles. The molecule has 21 heavy (non-hydrogen) atoms. The first kappa shape index (κ1) is 13.4. The summed E-state index contributed by atoms with van der Waals surface area (Å²) in [4.78, 5) is 12.7. The van der Waals surface area contributed by atoms with Gasteiger partial charge in [0.2, 0.25) is 0 Å². The maximum Gasteiger partial charge on any atom is 0.289 e. The standard InChI is InChI=1S/C17H16N2O2/c1-11-9-15-16(10-12(11)2)19(21)17(13(3)18(15)20)14-7-5-4-6-8-14/h4-10H,1-3H3. The van der Waals surface area contributed by atoms with Crippen molar-refractivity contribution in [2.75, 3.05) is 0 Å². The van der Waals surface area contributed by atoms with Crippen LogP contribution in [0.1, 0.15) is 16.8 Å². The Morgan fingerprint density at radius 1 is 1.00 bits per heavy atom. The Morgan fingerprint density at radius 2 is 1.62 bits per heavy atom. The van der Waals surface area contributed by atoms with Gasteiger partial charge in [0, 0.05) is 11.0 Å². The van der Waals surface area contributed by atoms with E-state index in [0.717, 1.165) is 25.8 Å². The Labute approximate surface area is 122 Å². The molecule has 0 amide bonds. The number of nitrogens with zero attached hydrogens (tertiary/aromatic N) is 2. The average molecular weight is 280 g/mol. The van der Waals surface area contributed by atoms with E-state index in [0.29, 0.717) is 22.4 Å². The van der Waals surface area contributed by atoms with Gasteiger partial charge >= 0.3 is 0 Å². The lowest BCUT2D eigenvalue weighted by Gasteiger charge is -2.17. The van der Waals surface area contributed by atoms with Crippen molar-refractivity contribution in [2.24, 2.45) is 0 Å². The summed E-state index contributed by atoms with van der Waals surface area (Å²) in [5.74, 6) is 0. The van der Waals surface area contributed by atoms with Crippen molar-refractivity contribution in [1.29, 1.82) is 0 Å². The van der Waals surface area contributed by atoms with Crippen molar-refractivity contribution in [3.05, 3.63) is 69.4 Å². The summed E-state index contributed by atoms with van der Waals surface area (Å²) < 4.78 is 1.71. The van der Waals surface area contributed by atoms with Gasteiger partial charge < -0.3 is 9.94 Å². The van der Waals surface area contributed by atoms with E-state index in [9.17, 15) is 10.1 Å². The van der Waals surface area contributed by atoms with Gasteiger partial charge in [-0.3, -0.25) is 0 Å². The zero-order valence-corrected chi connectivity index (χ0v) is 12.3. The van der Waals surface area contributed by atoms with Gasteiger partial charge in [-0.1, -0.05) is 18.2 Å². The molecule has 0 bridgehead atoms. The second kappa shape index (κ2) is 4.74. The summed E-state index contributed by atoms with van der Waals surface area (Å²) in [7, 11) is 0. The zero-order chi connectivity index (χ0) is 15.1. The van der Waals surface area contributed by atoms with Crippen LogP contribution in [-0.4, -0.2) is 4.73 Å². The highest BCUT2D eigenvalue weighted by Crippen LogP contribution is 2.24. The van der Waals surface area contributed by atoms with Gasteiger partial charge in [0.25, 0.3) is 11.2 Å². The molecule has 0 aliphatic heterocycles. The number of hydrogen-bond donors (Lipinski definition) is 0. The SMILES string of the molecule is Cc1cc2c(cc1C)[n+](=O)c(-c1ccccc1)c(C)n2[O-]. The molecule has 0 unspecified atom stereocenters. The van der Waals surface area contributed by atoms with Crippen LogP contribution in [0.5, 0.6) is 0 Å². The van der Waals surface area contributed by atoms with E-state index >= 15 is 0 Å². The van der Waals surface area contributed by atoms with Gasteiger partial charge in [-0.25, -0.2) is 0 Å². The average Bonchev–Trinajstić information content (AvgIpc) is 2.48. The van der Waals surface area contributed by atoms with Crippen molar-refractivity contribution < 1.29 is 4.43 Å². The maximum absolute atomic E-state index is 12.7. The minimum atomic E-state index is 0.401. The molecule has 1 aromatic heterocycles. The van der Waals surface area contributed by atoms with Crippen molar-refractivity contribution in [1.82, 2.24) is 4.73 Å². The van der Waals surface area contributed by atoms with Crippen molar-refractivity contribution >= 4 is 11.0 Å². The molecule has 0 fully saturated rings. The first-order valence-electron chi connectivity index (χ1n) is 6.82. The Kier molecular flexibility index (Phi) is 3.01. The summed E-state index contributed by atoms with van der Waals surface area (Å²) in [6.45, 7) is 5.55. The summed E-state index contributed by atoms with van der Waals surface area (Å²) in [5, 5.41) is 12.5. The van der Waals surface area contributed by atoms with Crippen LogP contribution in [0.2, 0.25) is 0 Å². The number of benzene rings is 2. The normalized spacial score (nSPS) is 11.0. The van der Waals surface area contributed by atoms with Gasteiger partial charge in [-0.15, -0.1) is 0 Å². The third-order valence-electron chi connectivity index (χ3n) is 3.93. The molecule has 4 nitrogen and oxygen atoms in total. The van der Waals surface area contributed by atoms with Gasteiger partial charge in [0.05, 0.1) is 15.7 Å². The highest BCUT2D eigenvalue weighted by atomic mass is 16.5. The number of hydrogen-bond acceptors (Lipinski definition) is 2. The Morgan fingerprint density at radius 3 is 2.29 bits per heavy atom. The first-order chi connectivity index (χ1) is 10.0. The molecule has 1 heterocycles. The molecule has 0 aliphatic rings. The fraction of sp³-hybridized carbons (Fsp3) is 0.176. The molecule has 106 valence electrons. The molecule has 3 aromatic rings. The Balaban J connectivity index is 2.49. The monoisotopic (exact) mass is 280 g/mol. The summed E-state index contributed by atoms with van der Waals surface area (Å²) in [6.07, 6.45) is 0. The van der Waals surface area contributed by atoms with Crippen LogP contribution in [0.25, 0.3) is 22.3 Å². The quantitative estimate of drug-likeness (QED) is 0.641. The van der Waals surface area contributed by atoms with Gasteiger partial charge in [0.15, 0.2) is 0 Å². The fourth-order valence-corrected chi connectivity index (χ4v) is 2.58.